The van der Waals surface area contributed by atoms with Crippen molar-refractivity contribution in [2.24, 2.45) is 5.84 Å². The van der Waals surface area contributed by atoms with Gasteiger partial charge in [-0.05, 0) is 30.5 Å². The van der Waals surface area contributed by atoms with Gasteiger partial charge in [-0.1, -0.05) is 29.8 Å². The molecular formula is C13H17ClN4. The third-order valence-corrected chi connectivity index (χ3v) is 3.28. The Morgan fingerprint density at radius 2 is 2.22 bits per heavy atom. The summed E-state index contributed by atoms with van der Waals surface area (Å²) in [7, 11) is 0. The number of hydrogen-bond donors (Lipinski definition) is 2. The van der Waals surface area contributed by atoms with E-state index in [2.05, 4.69) is 17.4 Å². The van der Waals surface area contributed by atoms with Gasteiger partial charge in [-0.2, -0.15) is 5.10 Å². The molecule has 0 aliphatic carbocycles. The molecule has 96 valence electrons. The fraction of sp³-hybridized carbons (Fsp3) is 0.308. The monoisotopic (exact) mass is 264 g/mol. The molecule has 5 heteroatoms. The average molecular weight is 265 g/mol. The van der Waals surface area contributed by atoms with Gasteiger partial charge in [-0.3, -0.25) is 16.0 Å². The zero-order chi connectivity index (χ0) is 13.0. The molecule has 0 amide bonds. The Kier molecular flexibility index (Phi) is 4.36. The van der Waals surface area contributed by atoms with Gasteiger partial charge < -0.3 is 0 Å². The number of aromatic nitrogens is 2. The topological polar surface area (TPSA) is 55.9 Å². The van der Waals surface area contributed by atoms with Crippen LogP contribution in [0.15, 0.2) is 36.7 Å². The summed E-state index contributed by atoms with van der Waals surface area (Å²) in [5.74, 6) is 5.62. The maximum absolute atomic E-state index is 6.18. The van der Waals surface area contributed by atoms with Crippen molar-refractivity contribution in [1.29, 1.82) is 0 Å². The van der Waals surface area contributed by atoms with Gasteiger partial charge >= 0.3 is 0 Å². The minimum atomic E-state index is -0.00629. The number of rotatable bonds is 5. The Bertz CT molecular complexity index is 509. The van der Waals surface area contributed by atoms with Crippen LogP contribution in [-0.2, 0) is 13.0 Å². The van der Waals surface area contributed by atoms with E-state index >= 15 is 0 Å². The molecule has 1 heterocycles. The fourth-order valence-corrected chi connectivity index (χ4v) is 2.20. The predicted octanol–water partition coefficient (Wildman–Crippen LogP) is 2.30. The van der Waals surface area contributed by atoms with Gasteiger partial charge in [0.2, 0.25) is 0 Å². The molecule has 0 saturated carbocycles. The summed E-state index contributed by atoms with van der Waals surface area (Å²) in [4.78, 5) is 0. The molecule has 1 unspecified atom stereocenters. The second kappa shape index (κ2) is 6.00. The minimum absolute atomic E-state index is 0.00629. The first kappa shape index (κ1) is 13.1. The van der Waals surface area contributed by atoms with Crippen molar-refractivity contribution < 1.29 is 0 Å². The molecule has 0 radical (unpaired) electrons. The van der Waals surface area contributed by atoms with Gasteiger partial charge in [0, 0.05) is 17.8 Å². The van der Waals surface area contributed by atoms with E-state index in [-0.39, 0.29) is 6.04 Å². The van der Waals surface area contributed by atoms with Crippen molar-refractivity contribution in [2.45, 2.75) is 25.9 Å². The quantitative estimate of drug-likeness (QED) is 0.644. The highest BCUT2D eigenvalue weighted by molar-refractivity contribution is 6.31. The van der Waals surface area contributed by atoms with Crippen LogP contribution in [0.25, 0.3) is 0 Å². The van der Waals surface area contributed by atoms with Crippen LogP contribution in [-0.4, -0.2) is 9.78 Å². The molecular weight excluding hydrogens is 248 g/mol. The minimum Gasteiger partial charge on any atom is -0.273 e. The number of benzene rings is 1. The summed E-state index contributed by atoms with van der Waals surface area (Å²) >= 11 is 6.18. The number of nitrogens with two attached hydrogens (primary N) is 1. The van der Waals surface area contributed by atoms with Gasteiger partial charge in [0.05, 0.1) is 12.2 Å². The van der Waals surface area contributed by atoms with Crippen LogP contribution in [0.2, 0.25) is 5.02 Å². The van der Waals surface area contributed by atoms with Crippen LogP contribution in [0.4, 0.5) is 0 Å². The van der Waals surface area contributed by atoms with Crippen molar-refractivity contribution in [2.75, 3.05) is 0 Å². The van der Waals surface area contributed by atoms with E-state index in [1.807, 2.05) is 41.3 Å². The summed E-state index contributed by atoms with van der Waals surface area (Å²) in [5.41, 5.74) is 4.96. The maximum Gasteiger partial charge on any atom is 0.0522 e. The normalized spacial score (nSPS) is 12.6. The van der Waals surface area contributed by atoms with Crippen molar-refractivity contribution in [3.8, 4) is 0 Å². The van der Waals surface area contributed by atoms with Crippen molar-refractivity contribution in [3.05, 3.63) is 52.8 Å². The Balaban J connectivity index is 2.17. The molecule has 0 aliphatic rings. The molecule has 4 nitrogen and oxygen atoms in total. The van der Waals surface area contributed by atoms with Crippen molar-refractivity contribution in [3.63, 3.8) is 0 Å². The van der Waals surface area contributed by atoms with Gasteiger partial charge in [0.25, 0.3) is 0 Å². The second-order valence-corrected chi connectivity index (χ2v) is 4.56. The number of nitrogens with one attached hydrogen (secondary N) is 1. The van der Waals surface area contributed by atoms with Gasteiger partial charge in [-0.15, -0.1) is 0 Å². The Labute approximate surface area is 112 Å². The van der Waals surface area contributed by atoms with E-state index in [0.29, 0.717) is 0 Å². The van der Waals surface area contributed by atoms with Gasteiger partial charge in [0.15, 0.2) is 0 Å². The maximum atomic E-state index is 6.18. The number of aryl methyl sites for hydroxylation is 1. The molecule has 1 atom stereocenters. The molecule has 0 saturated heterocycles. The zero-order valence-electron chi connectivity index (χ0n) is 10.3. The summed E-state index contributed by atoms with van der Waals surface area (Å²) < 4.78 is 1.90. The SMILES string of the molecule is CCn1cc(CC(NN)c2ccccc2Cl)cn1. The van der Waals surface area contributed by atoms with Gasteiger partial charge in [-0.25, -0.2) is 0 Å². The van der Waals surface area contributed by atoms with Crippen LogP contribution >= 0.6 is 11.6 Å². The zero-order valence-corrected chi connectivity index (χ0v) is 11.1. The van der Waals surface area contributed by atoms with E-state index in [1.165, 1.54) is 0 Å². The molecule has 2 aromatic rings. The summed E-state index contributed by atoms with van der Waals surface area (Å²) in [6, 6.07) is 7.72. The summed E-state index contributed by atoms with van der Waals surface area (Å²) in [6.07, 6.45) is 4.66. The predicted molar refractivity (Wildman–Crippen MR) is 73.1 cm³/mol. The number of hydrogen-bond acceptors (Lipinski definition) is 3. The van der Waals surface area contributed by atoms with E-state index in [1.54, 1.807) is 0 Å². The van der Waals surface area contributed by atoms with E-state index in [0.717, 1.165) is 29.1 Å². The number of hydrazine groups is 1. The highest BCUT2D eigenvalue weighted by Crippen LogP contribution is 2.24. The molecule has 0 spiro atoms. The average Bonchev–Trinajstić information content (AvgIpc) is 2.85. The number of nitrogens with zero attached hydrogens (tertiary/aromatic N) is 2. The first-order chi connectivity index (χ1) is 8.74. The van der Waals surface area contributed by atoms with Crippen LogP contribution in [0.3, 0.4) is 0 Å². The number of halogens is 1. The van der Waals surface area contributed by atoms with Crippen molar-refractivity contribution in [1.82, 2.24) is 15.2 Å². The lowest BCUT2D eigenvalue weighted by atomic mass is 10.0. The Morgan fingerprint density at radius 1 is 1.44 bits per heavy atom. The third kappa shape index (κ3) is 2.90. The fourth-order valence-electron chi connectivity index (χ4n) is 1.94. The highest BCUT2D eigenvalue weighted by Gasteiger charge is 2.14. The molecule has 0 bridgehead atoms. The van der Waals surface area contributed by atoms with Crippen LogP contribution in [0.5, 0.6) is 0 Å². The summed E-state index contributed by atoms with van der Waals surface area (Å²) in [6.45, 7) is 2.93. The smallest absolute Gasteiger partial charge is 0.0522 e. The molecule has 0 fully saturated rings. The van der Waals surface area contributed by atoms with E-state index in [4.69, 9.17) is 17.4 Å². The molecule has 3 N–H and O–H groups in total. The van der Waals surface area contributed by atoms with E-state index < -0.39 is 0 Å². The lowest BCUT2D eigenvalue weighted by molar-refractivity contribution is 0.551. The lowest BCUT2D eigenvalue weighted by Gasteiger charge is -2.16. The second-order valence-electron chi connectivity index (χ2n) is 4.15. The highest BCUT2D eigenvalue weighted by atomic mass is 35.5. The molecule has 18 heavy (non-hydrogen) atoms. The molecule has 0 aliphatic heterocycles. The lowest BCUT2D eigenvalue weighted by Crippen LogP contribution is -2.29. The molecule has 2 rings (SSSR count). The Hall–Kier alpha value is -1.36. The summed E-state index contributed by atoms with van der Waals surface area (Å²) in [5, 5.41) is 4.98. The Morgan fingerprint density at radius 3 is 2.83 bits per heavy atom. The first-order valence-corrected chi connectivity index (χ1v) is 6.34. The largest absolute Gasteiger partial charge is 0.273 e. The first-order valence-electron chi connectivity index (χ1n) is 5.96. The van der Waals surface area contributed by atoms with Gasteiger partial charge in [0.1, 0.15) is 0 Å². The van der Waals surface area contributed by atoms with Crippen LogP contribution in [0.1, 0.15) is 24.1 Å². The van der Waals surface area contributed by atoms with Crippen molar-refractivity contribution >= 4 is 11.6 Å². The third-order valence-electron chi connectivity index (χ3n) is 2.93. The van der Waals surface area contributed by atoms with Crippen LogP contribution in [0, 0.1) is 0 Å². The standard InChI is InChI=1S/C13H17ClN4/c1-2-18-9-10(8-16-18)7-13(17-15)11-5-3-4-6-12(11)14/h3-6,8-9,13,17H,2,7,15H2,1H3. The van der Waals surface area contributed by atoms with Crippen LogP contribution < -0.4 is 11.3 Å². The molecule has 1 aromatic heterocycles. The molecule has 1 aromatic carbocycles. The van der Waals surface area contributed by atoms with E-state index in [9.17, 15) is 0 Å².